The van der Waals surface area contributed by atoms with Crippen molar-refractivity contribution in [2.24, 2.45) is 0 Å². The van der Waals surface area contributed by atoms with Crippen LogP contribution in [0.25, 0.3) is 0 Å². The fraction of sp³-hybridized carbons (Fsp3) is 0.333. The fourth-order valence-electron chi connectivity index (χ4n) is 1.31. The van der Waals surface area contributed by atoms with E-state index in [1.807, 2.05) is 0 Å². The molecular weight excluding hydrogens is 318 g/mol. The Kier molecular flexibility index (Phi) is 5.62. The number of phenols is 1. The van der Waals surface area contributed by atoms with E-state index < -0.39 is 16.7 Å². The summed E-state index contributed by atoms with van der Waals surface area (Å²) < 4.78 is 9.47. The monoisotopic (exact) mass is 331 g/mol. The summed E-state index contributed by atoms with van der Waals surface area (Å²) in [5.41, 5.74) is 0.0731. The molecule has 1 amide bonds. The van der Waals surface area contributed by atoms with Crippen LogP contribution >= 0.6 is 15.9 Å². The quantitative estimate of drug-likeness (QED) is 0.622. The molecule has 0 radical (unpaired) electrons. The molecule has 104 valence electrons. The molecule has 1 atom stereocenters. The molecule has 1 unspecified atom stereocenters. The van der Waals surface area contributed by atoms with Crippen molar-refractivity contribution in [1.82, 2.24) is 5.32 Å². The first-order chi connectivity index (χ1) is 8.99. The summed E-state index contributed by atoms with van der Waals surface area (Å²) in [4.78, 5) is 22.3. The van der Waals surface area contributed by atoms with Crippen molar-refractivity contribution in [3.63, 3.8) is 0 Å². The van der Waals surface area contributed by atoms with Crippen molar-refractivity contribution in [3.8, 4) is 11.5 Å². The van der Waals surface area contributed by atoms with Gasteiger partial charge in [0.05, 0.1) is 19.8 Å². The number of amides is 1. The Morgan fingerprint density at radius 3 is 2.68 bits per heavy atom. The summed E-state index contributed by atoms with van der Waals surface area (Å²) in [6.45, 7) is 0.0438. The molecule has 1 aromatic rings. The van der Waals surface area contributed by atoms with Crippen molar-refractivity contribution in [2.45, 2.75) is 4.83 Å². The normalized spacial score (nSPS) is 11.5. The molecule has 0 saturated heterocycles. The van der Waals surface area contributed by atoms with Gasteiger partial charge in [-0.15, -0.1) is 0 Å². The highest BCUT2D eigenvalue weighted by Crippen LogP contribution is 2.22. The van der Waals surface area contributed by atoms with Crippen molar-refractivity contribution < 1.29 is 24.2 Å². The molecule has 1 rings (SSSR count). The molecule has 0 aromatic heterocycles. The van der Waals surface area contributed by atoms with Gasteiger partial charge in [0.2, 0.25) is 0 Å². The molecular formula is C12H14BrNO5. The van der Waals surface area contributed by atoms with Crippen LogP contribution in [0.3, 0.4) is 0 Å². The van der Waals surface area contributed by atoms with Crippen molar-refractivity contribution in [1.29, 1.82) is 0 Å². The van der Waals surface area contributed by atoms with Gasteiger partial charge in [-0.25, -0.2) is 0 Å². The number of benzene rings is 1. The third kappa shape index (κ3) is 4.13. The Morgan fingerprint density at radius 2 is 2.11 bits per heavy atom. The van der Waals surface area contributed by atoms with Gasteiger partial charge in [-0.1, -0.05) is 15.9 Å². The smallest absolute Gasteiger partial charge is 0.321 e. The summed E-state index contributed by atoms with van der Waals surface area (Å²) >= 11 is 3.07. The number of nitrogens with one attached hydrogen (secondary N) is 1. The highest BCUT2D eigenvalue weighted by Gasteiger charge is 2.18. The lowest BCUT2D eigenvalue weighted by Gasteiger charge is -2.10. The van der Waals surface area contributed by atoms with Gasteiger partial charge in [-0.3, -0.25) is 9.59 Å². The topological polar surface area (TPSA) is 84.9 Å². The molecule has 0 aliphatic rings. The van der Waals surface area contributed by atoms with E-state index in [1.54, 1.807) is 0 Å². The number of halogens is 1. The van der Waals surface area contributed by atoms with Crippen molar-refractivity contribution in [3.05, 3.63) is 23.8 Å². The Bertz CT molecular complexity index is 477. The highest BCUT2D eigenvalue weighted by molar-refractivity contribution is 9.10. The van der Waals surface area contributed by atoms with Gasteiger partial charge in [-0.05, 0) is 18.2 Å². The van der Waals surface area contributed by atoms with Crippen molar-refractivity contribution >= 4 is 27.8 Å². The second-order valence-electron chi connectivity index (χ2n) is 3.58. The van der Waals surface area contributed by atoms with Crippen LogP contribution < -0.4 is 10.1 Å². The number of aromatic hydroxyl groups is 1. The maximum atomic E-state index is 11.8. The molecule has 0 aliphatic carbocycles. The standard InChI is InChI=1S/C12H14BrNO5/c1-18-7-3-4-10(15)8(5-7)11(16)14-6-9(13)12(17)19-2/h3-5,9,15H,6H2,1-2H3,(H,14,16). The maximum absolute atomic E-state index is 11.8. The number of ether oxygens (including phenoxy) is 2. The predicted octanol–water partition coefficient (Wildman–Crippen LogP) is 1.07. The highest BCUT2D eigenvalue weighted by atomic mass is 79.9. The van der Waals surface area contributed by atoms with Crippen LogP contribution in [0.1, 0.15) is 10.4 Å². The van der Waals surface area contributed by atoms with Gasteiger partial charge in [-0.2, -0.15) is 0 Å². The van der Waals surface area contributed by atoms with Gasteiger partial charge < -0.3 is 19.9 Å². The third-order valence-corrected chi connectivity index (χ3v) is 3.04. The first-order valence-electron chi connectivity index (χ1n) is 5.36. The number of hydrogen-bond acceptors (Lipinski definition) is 5. The van der Waals surface area contributed by atoms with Gasteiger partial charge in [0.15, 0.2) is 0 Å². The summed E-state index contributed by atoms with van der Waals surface area (Å²) in [6.07, 6.45) is 0. The molecule has 0 fully saturated rings. The van der Waals surface area contributed by atoms with Crippen LogP contribution in [-0.2, 0) is 9.53 Å². The van der Waals surface area contributed by atoms with Gasteiger partial charge in [0, 0.05) is 6.54 Å². The van der Waals surface area contributed by atoms with Crippen LogP contribution in [0, 0.1) is 0 Å². The average Bonchev–Trinajstić information content (AvgIpc) is 2.43. The molecule has 0 spiro atoms. The number of esters is 1. The number of phenolic OH excluding ortho intramolecular Hbond substituents is 1. The maximum Gasteiger partial charge on any atom is 0.321 e. The Morgan fingerprint density at radius 1 is 1.42 bits per heavy atom. The average molecular weight is 332 g/mol. The lowest BCUT2D eigenvalue weighted by Crippen LogP contribution is -2.33. The number of carbonyl (C=O) groups excluding carboxylic acids is 2. The Hall–Kier alpha value is -1.76. The van der Waals surface area contributed by atoms with Gasteiger partial charge in [0.1, 0.15) is 16.3 Å². The first kappa shape index (κ1) is 15.3. The fourth-order valence-corrected chi connectivity index (χ4v) is 1.66. The molecule has 2 N–H and O–H groups in total. The minimum Gasteiger partial charge on any atom is -0.507 e. The van der Waals surface area contributed by atoms with Gasteiger partial charge >= 0.3 is 5.97 Å². The van der Waals surface area contributed by atoms with Crippen LogP contribution in [0.2, 0.25) is 0 Å². The van der Waals surface area contributed by atoms with Crippen LogP contribution in [-0.4, -0.2) is 42.6 Å². The molecule has 1 aromatic carbocycles. The van der Waals surface area contributed by atoms with E-state index in [2.05, 4.69) is 26.0 Å². The number of alkyl halides is 1. The van der Waals surface area contributed by atoms with Gasteiger partial charge in [0.25, 0.3) is 5.91 Å². The largest absolute Gasteiger partial charge is 0.507 e. The molecule has 0 aliphatic heterocycles. The Labute approximate surface area is 118 Å². The minimum atomic E-state index is -0.644. The van der Waals surface area contributed by atoms with Crippen LogP contribution in [0.15, 0.2) is 18.2 Å². The summed E-state index contributed by atoms with van der Waals surface area (Å²) in [7, 11) is 2.71. The minimum absolute atomic E-state index is 0.0438. The molecule has 0 heterocycles. The first-order valence-corrected chi connectivity index (χ1v) is 6.28. The zero-order valence-corrected chi connectivity index (χ0v) is 12.1. The number of methoxy groups -OCH3 is 2. The predicted molar refractivity (Wildman–Crippen MR) is 71.7 cm³/mol. The van der Waals surface area contributed by atoms with Crippen molar-refractivity contribution in [2.75, 3.05) is 20.8 Å². The van der Waals surface area contributed by atoms with E-state index >= 15 is 0 Å². The molecule has 0 bridgehead atoms. The lowest BCUT2D eigenvalue weighted by molar-refractivity contribution is -0.139. The Balaban J connectivity index is 2.70. The zero-order chi connectivity index (χ0) is 14.4. The van der Waals surface area contributed by atoms with E-state index in [4.69, 9.17) is 4.74 Å². The zero-order valence-electron chi connectivity index (χ0n) is 10.5. The molecule has 0 saturated carbocycles. The van der Waals surface area contributed by atoms with Crippen LogP contribution in [0.5, 0.6) is 11.5 Å². The molecule has 6 nitrogen and oxygen atoms in total. The number of hydrogen-bond donors (Lipinski definition) is 2. The van der Waals surface area contributed by atoms with E-state index in [1.165, 1.54) is 32.4 Å². The van der Waals surface area contributed by atoms with Crippen LogP contribution in [0.4, 0.5) is 0 Å². The summed E-state index contributed by atoms with van der Waals surface area (Å²) in [6, 6.07) is 4.31. The second kappa shape index (κ2) is 6.98. The SMILES string of the molecule is COC(=O)C(Br)CNC(=O)c1cc(OC)ccc1O. The van der Waals surface area contributed by atoms with E-state index in [-0.39, 0.29) is 17.9 Å². The van der Waals surface area contributed by atoms with E-state index in [0.29, 0.717) is 5.75 Å². The summed E-state index contributed by atoms with van der Waals surface area (Å²) in [5, 5.41) is 12.1. The van der Waals surface area contributed by atoms with E-state index in [9.17, 15) is 14.7 Å². The third-order valence-electron chi connectivity index (χ3n) is 2.35. The molecule has 7 heteroatoms. The lowest BCUT2D eigenvalue weighted by atomic mass is 10.1. The summed E-state index contributed by atoms with van der Waals surface area (Å²) in [5.74, 6) is -0.714. The molecule has 19 heavy (non-hydrogen) atoms. The number of carbonyl (C=O) groups is 2. The number of rotatable bonds is 5. The second-order valence-corrected chi connectivity index (χ2v) is 4.69. The van der Waals surface area contributed by atoms with E-state index in [0.717, 1.165) is 0 Å².